The van der Waals surface area contributed by atoms with Gasteiger partial charge in [0.25, 0.3) is 0 Å². The van der Waals surface area contributed by atoms with E-state index < -0.39 is 5.97 Å². The fourth-order valence-corrected chi connectivity index (χ4v) is 2.35. The van der Waals surface area contributed by atoms with Crippen molar-refractivity contribution in [1.82, 2.24) is 4.98 Å². The van der Waals surface area contributed by atoms with Crippen LogP contribution in [0.25, 0.3) is 0 Å². The highest BCUT2D eigenvalue weighted by Gasteiger charge is 2.05. The highest BCUT2D eigenvalue weighted by molar-refractivity contribution is 8.00. The smallest absolute Gasteiger partial charge is 0.307 e. The summed E-state index contributed by atoms with van der Waals surface area (Å²) in [5, 5.41) is 11.5. The Bertz CT molecular complexity index is 615. The first kappa shape index (κ1) is 15.1. The van der Waals surface area contributed by atoms with Crippen LogP contribution in [0.5, 0.6) is 0 Å². The maximum Gasteiger partial charge on any atom is 0.307 e. The van der Waals surface area contributed by atoms with E-state index in [4.69, 9.17) is 5.11 Å². The maximum atomic E-state index is 11.8. The van der Waals surface area contributed by atoms with Gasteiger partial charge in [0.05, 0.1) is 12.2 Å². The van der Waals surface area contributed by atoms with Crippen molar-refractivity contribution >= 4 is 29.3 Å². The molecule has 0 aliphatic carbocycles. The van der Waals surface area contributed by atoms with Gasteiger partial charge in [-0.3, -0.25) is 14.6 Å². The van der Waals surface area contributed by atoms with Gasteiger partial charge in [0.15, 0.2) is 0 Å². The van der Waals surface area contributed by atoms with Gasteiger partial charge in [-0.05, 0) is 29.8 Å². The lowest BCUT2D eigenvalue weighted by molar-refractivity contribution is -0.136. The quantitative estimate of drug-likeness (QED) is 0.801. The summed E-state index contributed by atoms with van der Waals surface area (Å²) in [7, 11) is 0. The number of anilines is 1. The average molecular weight is 302 g/mol. The van der Waals surface area contributed by atoms with Gasteiger partial charge >= 0.3 is 5.97 Å². The largest absolute Gasteiger partial charge is 0.481 e. The maximum absolute atomic E-state index is 11.8. The Morgan fingerprint density at radius 1 is 1.10 bits per heavy atom. The number of hydrogen-bond donors (Lipinski definition) is 2. The molecule has 1 amide bonds. The van der Waals surface area contributed by atoms with Crippen LogP contribution in [-0.2, 0) is 16.0 Å². The normalized spacial score (nSPS) is 10.1. The molecule has 1 heterocycles. The van der Waals surface area contributed by atoms with Crippen LogP contribution in [0, 0.1) is 0 Å². The van der Waals surface area contributed by atoms with E-state index in [2.05, 4.69) is 10.3 Å². The van der Waals surface area contributed by atoms with Crippen molar-refractivity contribution in [1.29, 1.82) is 0 Å². The number of aliphatic carboxylic acids is 1. The molecular weight excluding hydrogens is 288 g/mol. The van der Waals surface area contributed by atoms with Crippen LogP contribution >= 0.6 is 11.8 Å². The number of carboxylic acids is 1. The summed E-state index contributed by atoms with van der Waals surface area (Å²) in [4.78, 5) is 27.3. The van der Waals surface area contributed by atoms with Gasteiger partial charge in [0.1, 0.15) is 0 Å². The topological polar surface area (TPSA) is 79.3 Å². The van der Waals surface area contributed by atoms with Crippen LogP contribution in [-0.4, -0.2) is 27.7 Å². The highest BCUT2D eigenvalue weighted by Crippen LogP contribution is 2.17. The number of benzene rings is 1. The Kier molecular flexibility index (Phi) is 5.34. The van der Waals surface area contributed by atoms with E-state index in [1.807, 2.05) is 12.1 Å². The molecule has 108 valence electrons. The molecule has 2 rings (SSSR count). The number of thioether (sulfide) groups is 1. The van der Waals surface area contributed by atoms with Crippen LogP contribution in [0.4, 0.5) is 5.69 Å². The van der Waals surface area contributed by atoms with E-state index in [1.54, 1.807) is 36.7 Å². The molecule has 1 aromatic carbocycles. The first-order valence-electron chi connectivity index (χ1n) is 6.27. The minimum atomic E-state index is -0.875. The van der Waals surface area contributed by atoms with Gasteiger partial charge in [0, 0.05) is 23.0 Å². The van der Waals surface area contributed by atoms with Gasteiger partial charge in [0.2, 0.25) is 5.91 Å². The van der Waals surface area contributed by atoms with Crippen molar-refractivity contribution in [2.45, 2.75) is 11.3 Å². The Hall–Kier alpha value is -2.34. The second-order valence-electron chi connectivity index (χ2n) is 4.29. The first-order valence-corrected chi connectivity index (χ1v) is 7.25. The van der Waals surface area contributed by atoms with E-state index in [1.165, 1.54) is 11.8 Å². The molecule has 2 aromatic rings. The molecule has 2 N–H and O–H groups in total. The molecular formula is C15H14N2O3S. The van der Waals surface area contributed by atoms with Gasteiger partial charge in [-0.1, -0.05) is 12.1 Å². The number of nitrogens with one attached hydrogen (secondary N) is 1. The second kappa shape index (κ2) is 7.44. The molecule has 1 aromatic heterocycles. The van der Waals surface area contributed by atoms with Crippen LogP contribution in [0.15, 0.2) is 53.7 Å². The monoisotopic (exact) mass is 302 g/mol. The number of carboxylic acid groups (broad SMARTS) is 1. The number of rotatable bonds is 6. The van der Waals surface area contributed by atoms with Crippen molar-refractivity contribution in [2.24, 2.45) is 0 Å². The number of hydrogen-bond acceptors (Lipinski definition) is 4. The van der Waals surface area contributed by atoms with Crippen molar-refractivity contribution in [3.05, 3.63) is 54.4 Å². The van der Waals surface area contributed by atoms with Crippen LogP contribution < -0.4 is 5.32 Å². The molecule has 6 heteroatoms. The summed E-state index contributed by atoms with van der Waals surface area (Å²) in [6.07, 6.45) is 3.34. The van der Waals surface area contributed by atoms with Gasteiger partial charge < -0.3 is 10.4 Å². The standard InChI is InChI=1S/C15H14N2O3S/c18-14(10-21-13-5-7-16-8-6-13)17-12-3-1-11(2-4-12)9-15(19)20/h1-8H,9-10H2,(H,17,18)(H,19,20). The van der Waals surface area contributed by atoms with Crippen LogP contribution in [0.2, 0.25) is 0 Å². The fraction of sp³-hybridized carbons (Fsp3) is 0.133. The molecule has 0 aliphatic heterocycles. The summed E-state index contributed by atoms with van der Waals surface area (Å²) < 4.78 is 0. The van der Waals surface area contributed by atoms with E-state index in [0.717, 1.165) is 4.90 Å². The summed E-state index contributed by atoms with van der Waals surface area (Å²) >= 11 is 1.43. The predicted octanol–water partition coefficient (Wildman–Crippen LogP) is 2.44. The molecule has 0 atom stereocenters. The number of aromatic nitrogens is 1. The fourth-order valence-electron chi connectivity index (χ4n) is 1.66. The lowest BCUT2D eigenvalue weighted by atomic mass is 10.1. The molecule has 21 heavy (non-hydrogen) atoms. The van der Waals surface area contributed by atoms with Crippen molar-refractivity contribution in [2.75, 3.05) is 11.1 Å². The lowest BCUT2D eigenvalue weighted by Gasteiger charge is -2.06. The van der Waals surface area contributed by atoms with Crippen LogP contribution in [0.3, 0.4) is 0 Å². The zero-order valence-corrected chi connectivity index (χ0v) is 12.0. The second-order valence-corrected chi connectivity index (χ2v) is 5.34. The Balaban J connectivity index is 1.83. The third-order valence-corrected chi connectivity index (χ3v) is 3.62. The minimum absolute atomic E-state index is 0.0217. The SMILES string of the molecule is O=C(O)Cc1ccc(NC(=O)CSc2ccncc2)cc1. The van der Waals surface area contributed by atoms with E-state index in [-0.39, 0.29) is 12.3 Å². The Morgan fingerprint density at radius 2 is 1.76 bits per heavy atom. The van der Waals surface area contributed by atoms with Gasteiger partial charge in [-0.15, -0.1) is 11.8 Å². The Morgan fingerprint density at radius 3 is 2.38 bits per heavy atom. The number of amides is 1. The van der Waals surface area contributed by atoms with Gasteiger partial charge in [-0.2, -0.15) is 0 Å². The average Bonchev–Trinajstić information content (AvgIpc) is 2.48. The third kappa shape index (κ3) is 5.27. The molecule has 0 unspecified atom stereocenters. The molecule has 0 aliphatic rings. The van der Waals surface area contributed by atoms with E-state index in [0.29, 0.717) is 17.0 Å². The predicted molar refractivity (Wildman–Crippen MR) is 81.4 cm³/mol. The third-order valence-electron chi connectivity index (χ3n) is 2.61. The summed E-state index contributed by atoms with van der Waals surface area (Å²) in [5.41, 5.74) is 1.36. The van der Waals surface area contributed by atoms with Crippen molar-refractivity contribution in [3.63, 3.8) is 0 Å². The molecule has 0 fully saturated rings. The zero-order chi connectivity index (χ0) is 15.1. The summed E-state index contributed by atoms with van der Waals surface area (Å²) in [5.74, 6) is -0.677. The number of carbonyl (C=O) groups excluding carboxylic acids is 1. The molecule has 0 saturated carbocycles. The lowest BCUT2D eigenvalue weighted by Crippen LogP contribution is -2.14. The number of pyridine rings is 1. The minimum Gasteiger partial charge on any atom is -0.481 e. The molecule has 5 nitrogen and oxygen atoms in total. The van der Waals surface area contributed by atoms with Crippen molar-refractivity contribution < 1.29 is 14.7 Å². The zero-order valence-electron chi connectivity index (χ0n) is 11.2. The molecule has 0 saturated heterocycles. The van der Waals surface area contributed by atoms with Crippen molar-refractivity contribution in [3.8, 4) is 0 Å². The molecule has 0 bridgehead atoms. The van der Waals surface area contributed by atoms with E-state index >= 15 is 0 Å². The molecule has 0 radical (unpaired) electrons. The van der Waals surface area contributed by atoms with Gasteiger partial charge in [-0.25, -0.2) is 0 Å². The highest BCUT2D eigenvalue weighted by atomic mass is 32.2. The number of carbonyl (C=O) groups is 2. The summed E-state index contributed by atoms with van der Waals surface area (Å²) in [6.45, 7) is 0. The first-order chi connectivity index (χ1) is 10.1. The number of nitrogens with zero attached hydrogens (tertiary/aromatic N) is 1. The summed E-state index contributed by atoms with van der Waals surface area (Å²) in [6, 6.07) is 10.5. The Labute approximate surface area is 126 Å². The van der Waals surface area contributed by atoms with Crippen LogP contribution in [0.1, 0.15) is 5.56 Å². The van der Waals surface area contributed by atoms with E-state index in [9.17, 15) is 9.59 Å². The molecule has 0 spiro atoms.